The maximum atomic E-state index is 10.4. The molecule has 0 saturated heterocycles. The van der Waals surface area contributed by atoms with Crippen LogP contribution in [0.2, 0.25) is 0 Å². The molecule has 0 aliphatic heterocycles. The maximum absolute atomic E-state index is 10.4. The van der Waals surface area contributed by atoms with E-state index in [1.54, 1.807) is 6.20 Å². The third-order valence-corrected chi connectivity index (χ3v) is 5.31. The van der Waals surface area contributed by atoms with E-state index in [0.29, 0.717) is 13.0 Å². The van der Waals surface area contributed by atoms with Crippen molar-refractivity contribution in [1.82, 2.24) is 14.9 Å². The lowest BCUT2D eigenvalue weighted by Gasteiger charge is -2.23. The summed E-state index contributed by atoms with van der Waals surface area (Å²) in [5.41, 5.74) is 3.43. The Bertz CT molecular complexity index is 862. The minimum Gasteiger partial charge on any atom is -0.390 e. The minimum atomic E-state index is -0.778. The fraction of sp³-hybridized carbons (Fsp3) is 0.350. The Balaban J connectivity index is 1.57. The van der Waals surface area contributed by atoms with Crippen LogP contribution in [-0.4, -0.2) is 38.0 Å². The number of nitrogens with zero attached hydrogens (tertiary/aromatic N) is 2. The highest BCUT2D eigenvalue weighted by molar-refractivity contribution is 5.83. The summed E-state index contributed by atoms with van der Waals surface area (Å²) in [7, 11) is 2.04. The predicted octanol–water partition coefficient (Wildman–Crippen LogP) is 1.94. The van der Waals surface area contributed by atoms with Gasteiger partial charge in [-0.3, -0.25) is 4.98 Å². The van der Waals surface area contributed by atoms with Gasteiger partial charge < -0.3 is 20.1 Å². The van der Waals surface area contributed by atoms with Gasteiger partial charge in [-0.15, -0.1) is 0 Å². The van der Waals surface area contributed by atoms with Crippen LogP contribution in [0, 0.1) is 0 Å². The molecule has 1 aromatic carbocycles. The second-order valence-electron chi connectivity index (χ2n) is 6.88. The number of aliphatic hydroxyl groups excluding tert-OH is 2. The molecule has 1 aliphatic rings. The van der Waals surface area contributed by atoms with Crippen molar-refractivity contribution in [2.75, 3.05) is 0 Å². The van der Waals surface area contributed by atoms with Gasteiger partial charge in [-0.1, -0.05) is 24.3 Å². The predicted molar refractivity (Wildman–Crippen MR) is 97.2 cm³/mol. The number of benzene rings is 1. The lowest BCUT2D eigenvalue weighted by molar-refractivity contribution is 0.0298. The normalized spacial score (nSPS) is 26.4. The van der Waals surface area contributed by atoms with E-state index in [1.807, 2.05) is 37.5 Å². The molecule has 5 heteroatoms. The highest BCUT2D eigenvalue weighted by Crippen LogP contribution is 2.35. The molecule has 2 aromatic heterocycles. The topological polar surface area (TPSA) is 70.3 Å². The van der Waals surface area contributed by atoms with Gasteiger partial charge in [-0.2, -0.15) is 0 Å². The molecule has 1 saturated carbocycles. The van der Waals surface area contributed by atoms with Gasteiger partial charge in [0.25, 0.3) is 0 Å². The molecule has 3 aromatic rings. The summed E-state index contributed by atoms with van der Waals surface area (Å²) < 4.78 is 2.12. The van der Waals surface area contributed by atoms with Crippen LogP contribution in [0.1, 0.15) is 23.5 Å². The molecule has 1 fully saturated rings. The van der Waals surface area contributed by atoms with E-state index in [1.165, 1.54) is 16.5 Å². The molecule has 25 heavy (non-hydrogen) atoms. The monoisotopic (exact) mass is 337 g/mol. The minimum absolute atomic E-state index is 0.0497. The lowest BCUT2D eigenvalue weighted by atomic mass is 9.95. The number of aromatic nitrogens is 2. The van der Waals surface area contributed by atoms with Crippen molar-refractivity contribution >= 4 is 10.9 Å². The SMILES string of the molecule is Cn1cc(CN[C@H]2[C@H](O)[C@H](O)C[C@@H]2c2cccnc2)c2ccccc21. The molecular formula is C20H23N3O2. The van der Waals surface area contributed by atoms with Crippen molar-refractivity contribution in [2.24, 2.45) is 7.05 Å². The van der Waals surface area contributed by atoms with Gasteiger partial charge in [0.15, 0.2) is 0 Å². The Labute approximate surface area is 146 Å². The standard InChI is InChI=1S/C20H23N3O2/c1-23-12-14(15-6-2-3-7-17(15)23)11-22-19-16(9-18(24)20(19)25)13-5-4-8-21-10-13/h2-8,10,12,16,18-20,22,24-25H,9,11H2,1H3/t16-,18-,19-,20-/m1/s1. The highest BCUT2D eigenvalue weighted by atomic mass is 16.3. The Morgan fingerprint density at radius 1 is 1.20 bits per heavy atom. The third kappa shape index (κ3) is 2.95. The van der Waals surface area contributed by atoms with Gasteiger partial charge in [0.05, 0.1) is 12.2 Å². The largest absolute Gasteiger partial charge is 0.390 e. The Hall–Kier alpha value is -2.21. The van der Waals surface area contributed by atoms with Crippen molar-refractivity contribution < 1.29 is 10.2 Å². The van der Waals surface area contributed by atoms with Gasteiger partial charge >= 0.3 is 0 Å². The summed E-state index contributed by atoms with van der Waals surface area (Å²) in [6.45, 7) is 0.645. The second kappa shape index (κ2) is 6.59. The average molecular weight is 337 g/mol. The smallest absolute Gasteiger partial charge is 0.0957 e. The van der Waals surface area contributed by atoms with Crippen LogP contribution in [0.15, 0.2) is 55.0 Å². The van der Waals surface area contributed by atoms with Crippen LogP contribution >= 0.6 is 0 Å². The van der Waals surface area contributed by atoms with Gasteiger partial charge in [-0.25, -0.2) is 0 Å². The molecule has 0 bridgehead atoms. The Morgan fingerprint density at radius 2 is 2.04 bits per heavy atom. The first kappa shape index (κ1) is 16.3. The first-order chi connectivity index (χ1) is 12.1. The summed E-state index contributed by atoms with van der Waals surface area (Å²) >= 11 is 0. The summed E-state index contributed by atoms with van der Waals surface area (Å²) in [6, 6.07) is 12.0. The number of aliphatic hydroxyl groups is 2. The van der Waals surface area contributed by atoms with Crippen molar-refractivity contribution in [3.05, 3.63) is 66.1 Å². The van der Waals surface area contributed by atoms with Gasteiger partial charge in [0.1, 0.15) is 0 Å². The number of rotatable bonds is 4. The zero-order valence-corrected chi connectivity index (χ0v) is 14.2. The van der Waals surface area contributed by atoms with E-state index < -0.39 is 12.2 Å². The molecule has 0 spiro atoms. The van der Waals surface area contributed by atoms with Crippen molar-refractivity contribution in [3.63, 3.8) is 0 Å². The number of hydrogen-bond acceptors (Lipinski definition) is 4. The summed E-state index contributed by atoms with van der Waals surface area (Å²) in [6.07, 6.45) is 4.73. The van der Waals surface area contributed by atoms with Crippen LogP contribution in [-0.2, 0) is 13.6 Å². The fourth-order valence-corrected chi connectivity index (χ4v) is 4.02. The van der Waals surface area contributed by atoms with E-state index in [4.69, 9.17) is 0 Å². The average Bonchev–Trinajstić information content (AvgIpc) is 3.12. The summed E-state index contributed by atoms with van der Waals surface area (Å²) in [5.74, 6) is 0.0497. The summed E-state index contributed by atoms with van der Waals surface area (Å²) in [5, 5.41) is 25.3. The van der Waals surface area contributed by atoms with E-state index in [-0.39, 0.29) is 12.0 Å². The van der Waals surface area contributed by atoms with E-state index >= 15 is 0 Å². The number of fused-ring (bicyclic) bond motifs is 1. The number of nitrogens with one attached hydrogen (secondary N) is 1. The third-order valence-electron chi connectivity index (χ3n) is 5.31. The maximum Gasteiger partial charge on any atom is 0.0957 e. The Morgan fingerprint density at radius 3 is 2.84 bits per heavy atom. The molecule has 3 N–H and O–H groups in total. The van der Waals surface area contributed by atoms with Crippen molar-refractivity contribution in [3.8, 4) is 0 Å². The van der Waals surface area contributed by atoms with Crippen LogP contribution < -0.4 is 5.32 Å². The lowest BCUT2D eigenvalue weighted by Crippen LogP contribution is -2.41. The quantitative estimate of drug-likeness (QED) is 0.680. The zero-order chi connectivity index (χ0) is 17.4. The van der Waals surface area contributed by atoms with Gasteiger partial charge in [-0.05, 0) is 29.7 Å². The molecule has 5 nitrogen and oxygen atoms in total. The highest BCUT2D eigenvalue weighted by Gasteiger charge is 2.42. The fourth-order valence-electron chi connectivity index (χ4n) is 4.02. The number of hydrogen-bond donors (Lipinski definition) is 3. The van der Waals surface area contributed by atoms with Crippen molar-refractivity contribution in [2.45, 2.75) is 37.1 Å². The second-order valence-corrected chi connectivity index (χ2v) is 6.88. The molecule has 4 atom stereocenters. The molecule has 0 radical (unpaired) electrons. The number of pyridine rings is 1. The molecule has 130 valence electrons. The van der Waals surface area contributed by atoms with E-state index in [0.717, 1.165) is 5.56 Å². The van der Waals surface area contributed by atoms with Crippen LogP contribution in [0.25, 0.3) is 10.9 Å². The number of aryl methyl sites for hydroxylation is 1. The molecule has 1 aliphatic carbocycles. The molecule has 0 unspecified atom stereocenters. The first-order valence-electron chi connectivity index (χ1n) is 8.67. The molecule has 2 heterocycles. The molecule has 0 amide bonds. The van der Waals surface area contributed by atoms with Crippen molar-refractivity contribution in [1.29, 1.82) is 0 Å². The van der Waals surface area contributed by atoms with Crippen LogP contribution in [0.3, 0.4) is 0 Å². The number of para-hydroxylation sites is 1. The van der Waals surface area contributed by atoms with Crippen LogP contribution in [0.5, 0.6) is 0 Å². The first-order valence-corrected chi connectivity index (χ1v) is 8.67. The van der Waals surface area contributed by atoms with Gasteiger partial charge in [0.2, 0.25) is 0 Å². The molecule has 4 rings (SSSR count). The van der Waals surface area contributed by atoms with Crippen LogP contribution in [0.4, 0.5) is 0 Å². The molecular weight excluding hydrogens is 314 g/mol. The Kier molecular flexibility index (Phi) is 4.29. The zero-order valence-electron chi connectivity index (χ0n) is 14.2. The van der Waals surface area contributed by atoms with E-state index in [2.05, 4.69) is 33.2 Å². The van der Waals surface area contributed by atoms with E-state index in [9.17, 15) is 10.2 Å². The van der Waals surface area contributed by atoms with Gasteiger partial charge in [0, 0.05) is 55.0 Å². The summed E-state index contributed by atoms with van der Waals surface area (Å²) in [4.78, 5) is 4.18.